The lowest BCUT2D eigenvalue weighted by Crippen LogP contribution is -2.26. The van der Waals surface area contributed by atoms with E-state index in [1.54, 1.807) is 13.3 Å². The smallest absolute Gasteiger partial charge is 0.360 e. The predicted octanol–water partition coefficient (Wildman–Crippen LogP) is 3.25. The molecule has 1 aromatic heterocycles. The highest BCUT2D eigenvalue weighted by molar-refractivity contribution is 5.92. The molecule has 1 saturated carbocycles. The van der Waals surface area contributed by atoms with E-state index in [4.69, 9.17) is 10.5 Å². The third kappa shape index (κ3) is 3.57. The van der Waals surface area contributed by atoms with Gasteiger partial charge < -0.3 is 15.0 Å². The lowest BCUT2D eigenvalue weighted by molar-refractivity contribution is 0.0521. The number of hydrogen-bond acceptors (Lipinski definition) is 4. The molecule has 0 unspecified atom stereocenters. The molecule has 1 aromatic rings. The van der Waals surface area contributed by atoms with Gasteiger partial charge >= 0.3 is 5.97 Å². The summed E-state index contributed by atoms with van der Waals surface area (Å²) in [6, 6.07) is 0. The summed E-state index contributed by atoms with van der Waals surface area (Å²) in [7, 11) is 0. The number of nitrogens with two attached hydrogens (primary N) is 1. The summed E-state index contributed by atoms with van der Waals surface area (Å²) in [6.45, 7) is 7.50. The quantitative estimate of drug-likeness (QED) is 0.817. The van der Waals surface area contributed by atoms with Crippen LogP contribution in [0.1, 0.15) is 63.4 Å². The summed E-state index contributed by atoms with van der Waals surface area (Å²) in [4.78, 5) is 15.9. The van der Waals surface area contributed by atoms with Crippen molar-refractivity contribution in [1.29, 1.82) is 0 Å². The summed E-state index contributed by atoms with van der Waals surface area (Å²) in [5.41, 5.74) is 6.65. The van der Waals surface area contributed by atoms with Crippen LogP contribution in [-0.4, -0.2) is 22.1 Å². The fourth-order valence-electron chi connectivity index (χ4n) is 3.65. The van der Waals surface area contributed by atoms with Crippen molar-refractivity contribution in [1.82, 2.24) is 9.55 Å². The van der Waals surface area contributed by atoms with Gasteiger partial charge in [-0.3, -0.25) is 0 Å². The van der Waals surface area contributed by atoms with Gasteiger partial charge in [-0.2, -0.15) is 0 Å². The number of esters is 1. The molecule has 2 N–H and O–H groups in total. The number of anilines is 1. The molecule has 0 atom stereocenters. The highest BCUT2D eigenvalue weighted by Gasteiger charge is 2.35. The van der Waals surface area contributed by atoms with Gasteiger partial charge in [-0.05, 0) is 37.5 Å². The molecule has 0 spiro atoms. The second-order valence-electron chi connectivity index (χ2n) is 6.63. The molecule has 1 aliphatic carbocycles. The van der Waals surface area contributed by atoms with E-state index in [0.29, 0.717) is 23.8 Å². The first kappa shape index (κ1) is 15.9. The Kier molecular flexibility index (Phi) is 4.91. The van der Waals surface area contributed by atoms with Crippen LogP contribution in [0.15, 0.2) is 6.33 Å². The van der Waals surface area contributed by atoms with Gasteiger partial charge in [0.05, 0.1) is 12.9 Å². The Bertz CT molecular complexity index is 488. The van der Waals surface area contributed by atoms with E-state index >= 15 is 0 Å². The van der Waals surface area contributed by atoms with Crippen molar-refractivity contribution >= 4 is 11.8 Å². The summed E-state index contributed by atoms with van der Waals surface area (Å²) in [6.07, 6.45) is 7.91. The first-order valence-corrected chi connectivity index (χ1v) is 7.95. The normalized spacial score (nSPS) is 17.3. The minimum atomic E-state index is -0.432. The molecule has 0 aliphatic heterocycles. The van der Waals surface area contributed by atoms with Crippen LogP contribution in [0.4, 0.5) is 5.82 Å². The Morgan fingerprint density at radius 3 is 2.71 bits per heavy atom. The fourth-order valence-corrected chi connectivity index (χ4v) is 3.65. The predicted molar refractivity (Wildman–Crippen MR) is 83.0 cm³/mol. The highest BCUT2D eigenvalue weighted by Crippen LogP contribution is 2.44. The maximum absolute atomic E-state index is 11.8. The molecule has 0 radical (unpaired) electrons. The lowest BCUT2D eigenvalue weighted by atomic mass is 9.78. The van der Waals surface area contributed by atoms with Gasteiger partial charge in [-0.15, -0.1) is 0 Å². The Balaban J connectivity index is 2.16. The van der Waals surface area contributed by atoms with E-state index in [1.165, 1.54) is 32.1 Å². The van der Waals surface area contributed by atoms with Gasteiger partial charge in [-0.25, -0.2) is 9.78 Å². The molecular weight excluding hydrogens is 266 g/mol. The number of aromatic nitrogens is 2. The highest BCUT2D eigenvalue weighted by atomic mass is 16.5. The van der Waals surface area contributed by atoms with Gasteiger partial charge in [0.2, 0.25) is 0 Å². The molecule has 0 aromatic carbocycles. The third-order valence-corrected chi connectivity index (χ3v) is 4.36. The zero-order valence-electron chi connectivity index (χ0n) is 13.4. The van der Waals surface area contributed by atoms with Crippen LogP contribution in [0.5, 0.6) is 0 Å². The maximum Gasteiger partial charge on any atom is 0.360 e. The summed E-state index contributed by atoms with van der Waals surface area (Å²) in [5.74, 6) is 0.666. The van der Waals surface area contributed by atoms with Crippen molar-refractivity contribution in [3.05, 3.63) is 12.0 Å². The van der Waals surface area contributed by atoms with Crippen molar-refractivity contribution in [2.24, 2.45) is 11.3 Å². The molecule has 1 heterocycles. The number of rotatable bonds is 6. The SMILES string of the molecule is CCOC(=O)c1ncn(CC2(CC(C)C)CCCC2)c1N. The van der Waals surface area contributed by atoms with E-state index in [9.17, 15) is 4.79 Å². The van der Waals surface area contributed by atoms with Crippen LogP contribution >= 0.6 is 0 Å². The van der Waals surface area contributed by atoms with Crippen LogP contribution in [0.2, 0.25) is 0 Å². The molecule has 21 heavy (non-hydrogen) atoms. The van der Waals surface area contributed by atoms with Gasteiger partial charge in [0, 0.05) is 6.54 Å². The number of carbonyl (C=O) groups excluding carboxylic acids is 1. The number of ether oxygens (including phenoxy) is 1. The van der Waals surface area contributed by atoms with Crippen LogP contribution in [0, 0.1) is 11.3 Å². The van der Waals surface area contributed by atoms with Gasteiger partial charge in [-0.1, -0.05) is 26.7 Å². The molecule has 1 aliphatic rings. The van der Waals surface area contributed by atoms with Gasteiger partial charge in [0.1, 0.15) is 5.82 Å². The minimum absolute atomic E-state index is 0.245. The molecule has 118 valence electrons. The number of nitrogen functional groups attached to an aromatic ring is 1. The average Bonchev–Trinajstić information content (AvgIpc) is 2.98. The molecule has 0 amide bonds. The number of hydrogen-bond donors (Lipinski definition) is 1. The van der Waals surface area contributed by atoms with Crippen molar-refractivity contribution in [3.63, 3.8) is 0 Å². The summed E-state index contributed by atoms with van der Waals surface area (Å²) >= 11 is 0. The van der Waals surface area contributed by atoms with Crippen molar-refractivity contribution in [2.75, 3.05) is 12.3 Å². The van der Waals surface area contributed by atoms with Crippen LogP contribution in [-0.2, 0) is 11.3 Å². The Morgan fingerprint density at radius 2 is 2.14 bits per heavy atom. The first-order chi connectivity index (χ1) is 9.97. The van der Waals surface area contributed by atoms with Crippen LogP contribution < -0.4 is 5.73 Å². The lowest BCUT2D eigenvalue weighted by Gasteiger charge is -2.31. The van der Waals surface area contributed by atoms with Crippen molar-refractivity contribution in [3.8, 4) is 0 Å². The molecule has 2 rings (SSSR count). The monoisotopic (exact) mass is 293 g/mol. The van der Waals surface area contributed by atoms with E-state index < -0.39 is 5.97 Å². The minimum Gasteiger partial charge on any atom is -0.461 e. The zero-order valence-corrected chi connectivity index (χ0v) is 13.4. The Hall–Kier alpha value is -1.52. The number of nitrogens with zero attached hydrogens (tertiary/aromatic N) is 2. The molecule has 5 heteroatoms. The molecular formula is C16H27N3O2. The van der Waals surface area contributed by atoms with E-state index in [1.807, 2.05) is 4.57 Å². The Morgan fingerprint density at radius 1 is 1.48 bits per heavy atom. The second kappa shape index (κ2) is 6.50. The van der Waals surface area contributed by atoms with E-state index in [2.05, 4.69) is 18.8 Å². The first-order valence-electron chi connectivity index (χ1n) is 7.95. The number of imidazole rings is 1. The molecule has 1 fully saturated rings. The topological polar surface area (TPSA) is 70.1 Å². The summed E-state index contributed by atoms with van der Waals surface area (Å²) < 4.78 is 6.92. The van der Waals surface area contributed by atoms with Crippen LogP contribution in [0.25, 0.3) is 0 Å². The Labute approximate surface area is 126 Å². The third-order valence-electron chi connectivity index (χ3n) is 4.36. The molecule has 5 nitrogen and oxygen atoms in total. The largest absolute Gasteiger partial charge is 0.461 e. The summed E-state index contributed by atoms with van der Waals surface area (Å²) in [5, 5.41) is 0. The standard InChI is InChI=1S/C16H27N3O2/c1-4-21-15(20)13-14(17)19(11-18-13)10-16(9-12(2)3)7-5-6-8-16/h11-12H,4-10,17H2,1-3H3. The van der Waals surface area contributed by atoms with Crippen molar-refractivity contribution in [2.45, 2.75) is 59.4 Å². The maximum atomic E-state index is 11.8. The van der Waals surface area contributed by atoms with Gasteiger partial charge in [0.25, 0.3) is 0 Å². The second-order valence-corrected chi connectivity index (χ2v) is 6.63. The molecule has 0 saturated heterocycles. The van der Waals surface area contributed by atoms with E-state index in [-0.39, 0.29) is 5.69 Å². The fraction of sp³-hybridized carbons (Fsp3) is 0.750. The van der Waals surface area contributed by atoms with E-state index in [0.717, 1.165) is 6.54 Å². The van der Waals surface area contributed by atoms with Crippen molar-refractivity contribution < 1.29 is 9.53 Å². The average molecular weight is 293 g/mol. The number of carbonyl (C=O) groups is 1. The zero-order chi connectivity index (χ0) is 15.5. The van der Waals surface area contributed by atoms with Gasteiger partial charge in [0.15, 0.2) is 5.69 Å². The van der Waals surface area contributed by atoms with Crippen LogP contribution in [0.3, 0.4) is 0 Å². The molecule has 0 bridgehead atoms.